The zero-order chi connectivity index (χ0) is 56.1. The highest BCUT2D eigenvalue weighted by Crippen LogP contribution is 2.61. The first-order valence-electron chi connectivity index (χ1n) is 30.2. The molecule has 410 valence electrons. The van der Waals surface area contributed by atoms with Crippen LogP contribution in [0.25, 0.3) is 83.5 Å². The van der Waals surface area contributed by atoms with Crippen molar-refractivity contribution >= 4 is 38.9 Å². The number of anilines is 1. The second-order valence-electron chi connectivity index (χ2n) is 25.4. The molecule has 4 heterocycles. The number of para-hydroxylation sites is 1. The van der Waals surface area contributed by atoms with Crippen LogP contribution in [0.1, 0.15) is 81.5 Å². The molecule has 84 heavy (non-hydrogen) atoms. The minimum atomic E-state index is -0.0395. The largest absolute Gasteiger partial charge is 0.457 e. The third-order valence-electron chi connectivity index (χ3n) is 19.1. The van der Waals surface area contributed by atoms with Gasteiger partial charge in [0.2, 0.25) is 5.88 Å². The van der Waals surface area contributed by atoms with Gasteiger partial charge in [0.25, 0.3) is 0 Å². The molecule has 4 fully saturated rings. The predicted molar refractivity (Wildman–Crippen MR) is 343 cm³/mol. The summed E-state index contributed by atoms with van der Waals surface area (Å²) in [5.74, 6) is 5.82. The highest BCUT2D eigenvalue weighted by Gasteiger charge is 2.52. The van der Waals surface area contributed by atoms with Crippen LogP contribution < -0.4 is 9.64 Å². The summed E-state index contributed by atoms with van der Waals surface area (Å²) in [5, 5.41) is 2.51. The lowest BCUT2D eigenvalue weighted by atomic mass is 9.48. The highest BCUT2D eigenvalue weighted by atomic mass is 16.5. The van der Waals surface area contributed by atoms with E-state index in [1.807, 2.05) is 12.5 Å². The maximum atomic E-state index is 7.08. The van der Waals surface area contributed by atoms with Crippen LogP contribution in [-0.2, 0) is 15.6 Å². The number of hydrogen-bond donors (Lipinski definition) is 0. The van der Waals surface area contributed by atoms with E-state index in [0.29, 0.717) is 6.67 Å². The number of rotatable bonds is 11. The van der Waals surface area contributed by atoms with Crippen molar-refractivity contribution in [2.45, 2.75) is 70.1 Å². The third kappa shape index (κ3) is 8.56. The maximum absolute atomic E-state index is 7.08. The van der Waals surface area contributed by atoms with Crippen molar-refractivity contribution in [1.29, 1.82) is 0 Å². The molecule has 0 spiro atoms. The standard InChI is InChI=1S/C78H66N4O2/c1-77(2,3)59-37-38-79-72(44-59)82-69-36-33-60(78-46-51-39-52(47-78)41-53(40-51)48-78)43-68(69)67-35-34-62(45-70(67)82)84-61-28-16-27-58(42-61)71-49-83-76-75(73-63(54-19-8-4-9-20-54)29-17-30-64(73)55-21-10-5-11-22-55)81(50-80(71)76)74-65(56-23-12-6-13-24-56)31-18-32-66(74)57-25-14-7-15-26-57/h4-38,42-45,49,51-53H,39-41,46-48,50H2,1-3H3. The van der Waals surface area contributed by atoms with Gasteiger partial charge >= 0.3 is 0 Å². The van der Waals surface area contributed by atoms with Crippen LogP contribution in [0.3, 0.4) is 0 Å². The molecule has 0 radical (unpaired) electrons. The molecule has 9 aromatic carbocycles. The first-order valence-corrected chi connectivity index (χ1v) is 30.2. The Morgan fingerprint density at radius 2 is 1.04 bits per heavy atom. The molecule has 6 heteroatoms. The molecule has 17 rings (SSSR count). The Morgan fingerprint density at radius 1 is 0.488 bits per heavy atom. The average molecular weight is 1090 g/mol. The molecule has 0 N–H and O–H groups in total. The third-order valence-corrected chi connectivity index (χ3v) is 19.1. The fraction of sp³-hybridized carbons (Fsp3) is 0.192. The van der Waals surface area contributed by atoms with Crippen LogP contribution in [0.4, 0.5) is 5.69 Å². The molecule has 4 aliphatic carbocycles. The molecule has 2 aromatic heterocycles. The lowest BCUT2D eigenvalue weighted by Gasteiger charge is -2.57. The molecule has 6 aliphatic rings. The van der Waals surface area contributed by atoms with Gasteiger partial charge < -0.3 is 14.4 Å². The molecule has 0 saturated heterocycles. The Morgan fingerprint density at radius 3 is 1.63 bits per heavy atom. The summed E-state index contributed by atoms with van der Waals surface area (Å²) < 4.78 is 16.5. The summed E-state index contributed by atoms with van der Waals surface area (Å²) >= 11 is 0. The first kappa shape index (κ1) is 50.3. The Bertz CT molecular complexity index is 4270. The molecule has 0 atom stereocenters. The number of pyridine rings is 1. The van der Waals surface area contributed by atoms with Gasteiger partial charge in [-0.05, 0) is 160 Å². The van der Waals surface area contributed by atoms with Crippen molar-refractivity contribution in [3.05, 3.63) is 271 Å². The Balaban J connectivity index is 0.820. The fourth-order valence-electron chi connectivity index (χ4n) is 15.7. The SMILES string of the molecule is CC(C)(C)c1ccnc(-n2c3ccc(C45CC6CC(CC(C6)C4)C5)cc3c3ccc(Oc4cccc(C5=COC6=C(c7c(-c8ccccc8)cccc7-c7ccccc7)N(c7c(-c8ccccc8)cccc7-c7ccccc7)CN56)c4)cc32)c1. The van der Waals surface area contributed by atoms with Crippen molar-refractivity contribution in [2.24, 2.45) is 17.8 Å². The summed E-state index contributed by atoms with van der Waals surface area (Å²) in [7, 11) is 0. The van der Waals surface area contributed by atoms with Gasteiger partial charge in [-0.3, -0.25) is 9.47 Å². The molecular formula is C78H66N4O2. The van der Waals surface area contributed by atoms with Crippen molar-refractivity contribution in [3.8, 4) is 61.8 Å². The maximum Gasteiger partial charge on any atom is 0.226 e. The summed E-state index contributed by atoms with van der Waals surface area (Å²) in [5.41, 5.74) is 19.5. The van der Waals surface area contributed by atoms with Gasteiger partial charge in [0, 0.05) is 45.3 Å². The Kier molecular flexibility index (Phi) is 11.9. The molecule has 0 unspecified atom stereocenters. The number of fused-ring (bicyclic) bond motifs is 4. The number of aromatic nitrogens is 2. The predicted octanol–water partition coefficient (Wildman–Crippen LogP) is 19.8. The van der Waals surface area contributed by atoms with Crippen molar-refractivity contribution in [1.82, 2.24) is 14.5 Å². The van der Waals surface area contributed by atoms with E-state index in [9.17, 15) is 0 Å². The lowest BCUT2D eigenvalue weighted by molar-refractivity contribution is -0.00512. The van der Waals surface area contributed by atoms with E-state index in [-0.39, 0.29) is 10.8 Å². The van der Waals surface area contributed by atoms with Crippen molar-refractivity contribution < 1.29 is 9.47 Å². The second kappa shape index (κ2) is 19.9. The quantitative estimate of drug-likeness (QED) is 0.129. The van der Waals surface area contributed by atoms with Gasteiger partial charge in [-0.2, -0.15) is 0 Å². The lowest BCUT2D eigenvalue weighted by Crippen LogP contribution is -2.48. The van der Waals surface area contributed by atoms with Crippen molar-refractivity contribution in [2.75, 3.05) is 11.6 Å². The number of nitrogens with zero attached hydrogens (tertiary/aromatic N) is 4. The van der Waals surface area contributed by atoms with Gasteiger partial charge in [0.1, 0.15) is 35.9 Å². The minimum Gasteiger partial charge on any atom is -0.457 e. The summed E-state index contributed by atoms with van der Waals surface area (Å²) in [6.07, 6.45) is 12.2. The number of benzene rings is 9. The van der Waals surface area contributed by atoms with Crippen molar-refractivity contribution in [3.63, 3.8) is 0 Å². The van der Waals surface area contributed by atoms with E-state index in [2.05, 4.69) is 266 Å². The Hall–Kier alpha value is -9.39. The molecule has 0 amide bonds. The fourth-order valence-corrected chi connectivity index (χ4v) is 15.7. The highest BCUT2D eigenvalue weighted by molar-refractivity contribution is 6.10. The van der Waals surface area contributed by atoms with E-state index in [1.165, 1.54) is 65.9 Å². The van der Waals surface area contributed by atoms with Crippen LogP contribution in [0.2, 0.25) is 0 Å². The summed E-state index contributed by atoms with van der Waals surface area (Å²) in [4.78, 5) is 9.95. The van der Waals surface area contributed by atoms with Gasteiger partial charge in [-0.15, -0.1) is 0 Å². The van der Waals surface area contributed by atoms with Crippen LogP contribution in [0.5, 0.6) is 11.5 Å². The normalized spacial score (nSPS) is 19.8. The Labute approximate surface area is 492 Å². The van der Waals surface area contributed by atoms with Crippen LogP contribution in [0, 0.1) is 17.8 Å². The zero-order valence-corrected chi connectivity index (χ0v) is 47.9. The summed E-state index contributed by atoms with van der Waals surface area (Å²) in [6, 6.07) is 83.6. The molecule has 6 nitrogen and oxygen atoms in total. The topological polar surface area (TPSA) is 42.8 Å². The van der Waals surface area contributed by atoms with Crippen LogP contribution in [-0.4, -0.2) is 21.1 Å². The average Bonchev–Trinajstić information content (AvgIpc) is 1.77. The van der Waals surface area contributed by atoms with E-state index in [1.54, 1.807) is 0 Å². The summed E-state index contributed by atoms with van der Waals surface area (Å²) in [6.45, 7) is 7.32. The minimum absolute atomic E-state index is 0.0395. The molecule has 4 bridgehead atoms. The van der Waals surface area contributed by atoms with Crippen LogP contribution in [0.15, 0.2) is 249 Å². The number of ether oxygens (including phenoxy) is 2. The molecule has 11 aromatic rings. The number of hydrogen-bond acceptors (Lipinski definition) is 5. The first-order chi connectivity index (χ1) is 41.2. The zero-order valence-electron chi connectivity index (χ0n) is 47.9. The van der Waals surface area contributed by atoms with Gasteiger partial charge in [-0.1, -0.05) is 197 Å². The van der Waals surface area contributed by atoms with E-state index in [0.717, 1.165) is 119 Å². The molecule has 4 saturated carbocycles. The van der Waals surface area contributed by atoms with E-state index < -0.39 is 0 Å². The molecule has 2 aliphatic heterocycles. The van der Waals surface area contributed by atoms with E-state index in [4.69, 9.17) is 14.5 Å². The smallest absolute Gasteiger partial charge is 0.226 e. The monoisotopic (exact) mass is 1090 g/mol. The second-order valence-corrected chi connectivity index (χ2v) is 25.4. The van der Waals surface area contributed by atoms with Gasteiger partial charge in [0.15, 0.2) is 0 Å². The van der Waals surface area contributed by atoms with Gasteiger partial charge in [-0.25, -0.2) is 4.98 Å². The molecular weight excluding hydrogens is 1020 g/mol. The van der Waals surface area contributed by atoms with E-state index >= 15 is 0 Å². The van der Waals surface area contributed by atoms with Crippen LogP contribution >= 0.6 is 0 Å². The van der Waals surface area contributed by atoms with Gasteiger partial charge in [0.05, 0.1) is 22.4 Å².